The Kier molecular flexibility index (Phi) is 5.85. The summed E-state index contributed by atoms with van der Waals surface area (Å²) in [6.07, 6.45) is 3.45. The van der Waals surface area contributed by atoms with E-state index in [0.29, 0.717) is 22.8 Å². The zero-order valence-electron chi connectivity index (χ0n) is 14.4. The highest BCUT2D eigenvalue weighted by Gasteiger charge is 2.18. The van der Waals surface area contributed by atoms with Crippen molar-refractivity contribution in [1.29, 1.82) is 0 Å². The lowest BCUT2D eigenvalue weighted by Gasteiger charge is -2.11. The number of hydrogen-bond donors (Lipinski definition) is 2. The van der Waals surface area contributed by atoms with E-state index in [9.17, 15) is 9.59 Å². The number of aromatic nitrogens is 1. The summed E-state index contributed by atoms with van der Waals surface area (Å²) in [7, 11) is 0. The molecule has 0 spiro atoms. The number of carbonyl (C=O) groups is 2. The van der Waals surface area contributed by atoms with Crippen LogP contribution < -0.4 is 10.6 Å². The molecule has 2 aromatic rings. The first-order valence-corrected chi connectivity index (χ1v) is 8.84. The summed E-state index contributed by atoms with van der Waals surface area (Å²) in [6, 6.07) is 8.31. The number of amides is 2. The van der Waals surface area contributed by atoms with E-state index in [-0.39, 0.29) is 23.6 Å². The molecule has 1 unspecified atom stereocenters. The van der Waals surface area contributed by atoms with Gasteiger partial charge in [-0.2, -0.15) is 0 Å². The third-order valence-electron chi connectivity index (χ3n) is 4.20. The van der Waals surface area contributed by atoms with E-state index in [1.165, 1.54) is 12.3 Å². The van der Waals surface area contributed by atoms with E-state index in [4.69, 9.17) is 16.3 Å². The van der Waals surface area contributed by atoms with Crippen LogP contribution >= 0.6 is 11.6 Å². The number of rotatable bonds is 5. The molecule has 2 N–H and O–H groups in total. The van der Waals surface area contributed by atoms with Gasteiger partial charge >= 0.3 is 0 Å². The van der Waals surface area contributed by atoms with Crippen molar-refractivity contribution in [2.75, 3.05) is 18.5 Å². The number of hydrogen-bond acceptors (Lipinski definition) is 4. The van der Waals surface area contributed by atoms with E-state index < -0.39 is 0 Å². The van der Waals surface area contributed by atoms with Gasteiger partial charge in [0.05, 0.1) is 6.10 Å². The predicted octanol–water partition coefficient (Wildman–Crippen LogP) is 3.20. The van der Waals surface area contributed by atoms with Gasteiger partial charge in [-0.3, -0.25) is 14.6 Å². The Hall–Kier alpha value is -2.44. The molecule has 1 aromatic heterocycles. The molecule has 0 radical (unpaired) electrons. The summed E-state index contributed by atoms with van der Waals surface area (Å²) in [4.78, 5) is 28.7. The highest BCUT2D eigenvalue weighted by molar-refractivity contribution is 6.31. The van der Waals surface area contributed by atoms with Crippen LogP contribution in [-0.4, -0.2) is 36.1 Å². The number of nitrogens with one attached hydrogen (secondary N) is 2. The fourth-order valence-corrected chi connectivity index (χ4v) is 2.85. The van der Waals surface area contributed by atoms with Crippen LogP contribution in [0, 0.1) is 6.92 Å². The van der Waals surface area contributed by atoms with Gasteiger partial charge in [-0.15, -0.1) is 0 Å². The fourth-order valence-electron chi connectivity index (χ4n) is 2.67. The number of carbonyl (C=O) groups excluding carboxylic acids is 2. The SMILES string of the molecule is Cc1ccc(NC(=O)c2ccnc(C(=O)NCC3CCCO3)c2)cc1Cl. The predicted molar refractivity (Wildman–Crippen MR) is 99.7 cm³/mol. The monoisotopic (exact) mass is 373 g/mol. The molecular weight excluding hydrogens is 354 g/mol. The van der Waals surface area contributed by atoms with E-state index >= 15 is 0 Å². The standard InChI is InChI=1S/C19H20ClN3O3/c1-12-4-5-14(10-16(12)20)23-18(24)13-6-7-21-17(9-13)19(25)22-11-15-3-2-8-26-15/h4-7,9-10,15H,2-3,8,11H2,1H3,(H,22,25)(H,23,24). The highest BCUT2D eigenvalue weighted by Crippen LogP contribution is 2.20. The lowest BCUT2D eigenvalue weighted by atomic mass is 10.2. The Balaban J connectivity index is 1.64. The average Bonchev–Trinajstić information content (AvgIpc) is 3.16. The summed E-state index contributed by atoms with van der Waals surface area (Å²) < 4.78 is 5.48. The first-order chi connectivity index (χ1) is 12.5. The van der Waals surface area contributed by atoms with E-state index in [2.05, 4.69) is 15.6 Å². The number of aryl methyl sites for hydroxylation is 1. The molecule has 2 heterocycles. The Morgan fingerprint density at radius 1 is 1.27 bits per heavy atom. The van der Waals surface area contributed by atoms with E-state index in [1.54, 1.807) is 18.2 Å². The van der Waals surface area contributed by atoms with E-state index in [1.807, 2.05) is 13.0 Å². The topological polar surface area (TPSA) is 80.3 Å². The summed E-state index contributed by atoms with van der Waals surface area (Å²) in [5.41, 5.74) is 2.06. The lowest BCUT2D eigenvalue weighted by Crippen LogP contribution is -2.32. The third-order valence-corrected chi connectivity index (χ3v) is 4.61. The molecule has 1 atom stereocenters. The van der Waals surface area contributed by atoms with Crippen LogP contribution in [0.5, 0.6) is 0 Å². The number of nitrogens with zero attached hydrogens (tertiary/aromatic N) is 1. The Labute approximate surface area is 156 Å². The van der Waals surface area contributed by atoms with Crippen LogP contribution in [0.25, 0.3) is 0 Å². The van der Waals surface area contributed by atoms with Gasteiger partial charge in [0.2, 0.25) is 0 Å². The molecule has 1 saturated heterocycles. The highest BCUT2D eigenvalue weighted by atomic mass is 35.5. The van der Waals surface area contributed by atoms with Crippen LogP contribution in [0.4, 0.5) is 5.69 Å². The second-order valence-corrected chi connectivity index (χ2v) is 6.60. The summed E-state index contributed by atoms with van der Waals surface area (Å²) in [6.45, 7) is 3.06. The first-order valence-electron chi connectivity index (χ1n) is 8.46. The van der Waals surface area contributed by atoms with Crippen molar-refractivity contribution in [1.82, 2.24) is 10.3 Å². The number of ether oxygens (including phenoxy) is 1. The van der Waals surface area contributed by atoms with Crippen molar-refractivity contribution in [3.05, 3.63) is 58.4 Å². The third kappa shape index (κ3) is 4.59. The molecule has 3 rings (SSSR count). The van der Waals surface area contributed by atoms with Crippen LogP contribution in [0.2, 0.25) is 5.02 Å². The van der Waals surface area contributed by atoms with Gasteiger partial charge in [0.25, 0.3) is 11.8 Å². The number of benzene rings is 1. The average molecular weight is 374 g/mol. The molecular formula is C19H20ClN3O3. The number of anilines is 1. The summed E-state index contributed by atoms with van der Waals surface area (Å²) >= 11 is 6.07. The minimum absolute atomic E-state index is 0.0525. The summed E-state index contributed by atoms with van der Waals surface area (Å²) in [5, 5.41) is 6.14. The first kappa shape index (κ1) is 18.4. The molecule has 0 aliphatic carbocycles. The van der Waals surface area contributed by atoms with Crippen molar-refractivity contribution in [2.24, 2.45) is 0 Å². The van der Waals surface area contributed by atoms with Crippen LogP contribution in [0.3, 0.4) is 0 Å². The van der Waals surface area contributed by atoms with Gasteiger partial charge in [-0.25, -0.2) is 0 Å². The second kappa shape index (κ2) is 8.29. The zero-order valence-corrected chi connectivity index (χ0v) is 15.2. The molecule has 1 aliphatic heterocycles. The van der Waals surface area contributed by atoms with Crippen LogP contribution in [0.15, 0.2) is 36.5 Å². The number of halogens is 1. The minimum atomic E-state index is -0.333. The van der Waals surface area contributed by atoms with Gasteiger partial charge in [0.1, 0.15) is 5.69 Å². The van der Waals surface area contributed by atoms with Crippen LogP contribution in [-0.2, 0) is 4.74 Å². The Bertz CT molecular complexity index is 819. The Morgan fingerprint density at radius 2 is 2.12 bits per heavy atom. The summed E-state index contributed by atoms with van der Waals surface area (Å²) in [5.74, 6) is -0.658. The van der Waals surface area contributed by atoms with Gasteiger partial charge in [-0.1, -0.05) is 17.7 Å². The van der Waals surface area contributed by atoms with Crippen molar-refractivity contribution < 1.29 is 14.3 Å². The molecule has 7 heteroatoms. The molecule has 1 aromatic carbocycles. The molecule has 136 valence electrons. The second-order valence-electron chi connectivity index (χ2n) is 6.19. The molecule has 1 aliphatic rings. The maximum atomic E-state index is 12.4. The zero-order chi connectivity index (χ0) is 18.5. The molecule has 0 bridgehead atoms. The number of pyridine rings is 1. The van der Waals surface area contributed by atoms with Gasteiger partial charge in [-0.05, 0) is 49.6 Å². The minimum Gasteiger partial charge on any atom is -0.376 e. The van der Waals surface area contributed by atoms with E-state index in [0.717, 1.165) is 25.0 Å². The molecule has 2 amide bonds. The van der Waals surface area contributed by atoms with Crippen molar-refractivity contribution in [3.8, 4) is 0 Å². The largest absolute Gasteiger partial charge is 0.376 e. The van der Waals surface area contributed by atoms with Crippen molar-refractivity contribution in [3.63, 3.8) is 0 Å². The Morgan fingerprint density at radius 3 is 2.85 bits per heavy atom. The van der Waals surface area contributed by atoms with Crippen molar-refractivity contribution in [2.45, 2.75) is 25.9 Å². The molecule has 26 heavy (non-hydrogen) atoms. The maximum Gasteiger partial charge on any atom is 0.269 e. The molecule has 6 nitrogen and oxygen atoms in total. The quantitative estimate of drug-likeness (QED) is 0.843. The van der Waals surface area contributed by atoms with Crippen molar-refractivity contribution >= 4 is 29.1 Å². The van der Waals surface area contributed by atoms with Gasteiger partial charge < -0.3 is 15.4 Å². The molecule has 0 saturated carbocycles. The molecule has 1 fully saturated rings. The lowest BCUT2D eigenvalue weighted by molar-refractivity contribution is 0.0853. The van der Waals surface area contributed by atoms with Crippen LogP contribution in [0.1, 0.15) is 39.3 Å². The van der Waals surface area contributed by atoms with Gasteiger partial charge in [0.15, 0.2) is 0 Å². The normalized spacial score (nSPS) is 16.3. The smallest absolute Gasteiger partial charge is 0.269 e. The fraction of sp³-hybridized carbons (Fsp3) is 0.316. The maximum absolute atomic E-state index is 12.4. The van der Waals surface area contributed by atoms with Gasteiger partial charge in [0, 0.05) is 35.6 Å².